The molecule has 1 aromatic rings. The second-order valence-electron chi connectivity index (χ2n) is 6.03. The first-order valence-corrected chi connectivity index (χ1v) is 7.48. The van der Waals surface area contributed by atoms with Gasteiger partial charge in [0, 0.05) is 6.04 Å². The van der Waals surface area contributed by atoms with E-state index in [4.69, 9.17) is 0 Å². The van der Waals surface area contributed by atoms with Gasteiger partial charge in [0.05, 0.1) is 0 Å². The van der Waals surface area contributed by atoms with E-state index in [1.807, 2.05) is 0 Å². The van der Waals surface area contributed by atoms with Crippen molar-refractivity contribution in [1.82, 2.24) is 5.32 Å². The third-order valence-corrected chi connectivity index (χ3v) is 3.76. The molecule has 1 aliphatic carbocycles. The van der Waals surface area contributed by atoms with Crippen molar-refractivity contribution in [1.29, 1.82) is 0 Å². The Kier molecular flexibility index (Phi) is 4.82. The van der Waals surface area contributed by atoms with Gasteiger partial charge in [-0.15, -0.1) is 0 Å². The van der Waals surface area contributed by atoms with Gasteiger partial charge in [-0.05, 0) is 51.1 Å². The predicted octanol–water partition coefficient (Wildman–Crippen LogP) is 4.01. The summed E-state index contributed by atoms with van der Waals surface area (Å²) < 4.78 is 0. The molecule has 1 heteroatoms. The fourth-order valence-electron chi connectivity index (χ4n) is 2.81. The Morgan fingerprint density at radius 3 is 2.39 bits per heavy atom. The zero-order valence-electron chi connectivity index (χ0n) is 12.1. The van der Waals surface area contributed by atoms with Crippen molar-refractivity contribution < 1.29 is 0 Å². The molecule has 2 rings (SSSR count). The van der Waals surface area contributed by atoms with Crippen molar-refractivity contribution in [2.75, 3.05) is 6.54 Å². The summed E-state index contributed by atoms with van der Waals surface area (Å²) >= 11 is 0. The van der Waals surface area contributed by atoms with E-state index in [1.165, 1.54) is 48.8 Å². The standard InChI is InChI=1S/C17H27N/c1-4-7-18-17(11-15-5-6-15)12-16-9-13(2)8-14(3)10-16/h8-10,15,17-18H,4-7,11-12H2,1-3H3. The van der Waals surface area contributed by atoms with Crippen molar-refractivity contribution in [3.8, 4) is 0 Å². The number of nitrogens with one attached hydrogen (secondary N) is 1. The lowest BCUT2D eigenvalue weighted by molar-refractivity contribution is 0.455. The largest absolute Gasteiger partial charge is 0.314 e. The fraction of sp³-hybridized carbons (Fsp3) is 0.647. The number of aryl methyl sites for hydroxylation is 2. The Morgan fingerprint density at radius 1 is 1.17 bits per heavy atom. The molecule has 1 nitrogen and oxygen atoms in total. The van der Waals surface area contributed by atoms with Crippen LogP contribution in [0.1, 0.15) is 49.3 Å². The highest BCUT2D eigenvalue weighted by Gasteiger charge is 2.25. The molecule has 0 radical (unpaired) electrons. The summed E-state index contributed by atoms with van der Waals surface area (Å²) in [5.41, 5.74) is 4.29. The summed E-state index contributed by atoms with van der Waals surface area (Å²) in [6, 6.07) is 7.64. The maximum absolute atomic E-state index is 3.73. The molecule has 0 amide bonds. The molecular formula is C17H27N. The van der Waals surface area contributed by atoms with Gasteiger partial charge >= 0.3 is 0 Å². The quantitative estimate of drug-likeness (QED) is 0.765. The molecule has 0 heterocycles. The summed E-state index contributed by atoms with van der Waals surface area (Å²) in [5, 5.41) is 3.73. The van der Waals surface area contributed by atoms with Crippen molar-refractivity contribution >= 4 is 0 Å². The van der Waals surface area contributed by atoms with Gasteiger partial charge in [0.25, 0.3) is 0 Å². The van der Waals surface area contributed by atoms with Gasteiger partial charge in [-0.2, -0.15) is 0 Å². The number of rotatable bonds is 7. The minimum Gasteiger partial charge on any atom is -0.314 e. The minimum absolute atomic E-state index is 0.679. The lowest BCUT2D eigenvalue weighted by Gasteiger charge is -2.19. The molecule has 18 heavy (non-hydrogen) atoms. The van der Waals surface area contributed by atoms with Crippen LogP contribution in [0.5, 0.6) is 0 Å². The van der Waals surface area contributed by atoms with Crippen molar-refractivity contribution in [3.05, 3.63) is 34.9 Å². The third-order valence-electron chi connectivity index (χ3n) is 3.76. The van der Waals surface area contributed by atoms with E-state index < -0.39 is 0 Å². The summed E-state index contributed by atoms with van der Waals surface area (Å²) in [7, 11) is 0. The molecule has 0 aliphatic heterocycles. The summed E-state index contributed by atoms with van der Waals surface area (Å²) in [4.78, 5) is 0. The first-order chi connectivity index (χ1) is 8.67. The van der Waals surface area contributed by atoms with Crippen molar-refractivity contribution in [2.45, 2.75) is 58.9 Å². The van der Waals surface area contributed by atoms with Crippen molar-refractivity contribution in [3.63, 3.8) is 0 Å². The van der Waals surface area contributed by atoms with E-state index in [1.54, 1.807) is 0 Å². The normalized spacial score (nSPS) is 16.8. The molecule has 1 fully saturated rings. The number of hydrogen-bond donors (Lipinski definition) is 1. The van der Waals surface area contributed by atoms with E-state index in [0.717, 1.165) is 12.5 Å². The topological polar surface area (TPSA) is 12.0 Å². The molecule has 0 bridgehead atoms. The maximum Gasteiger partial charge on any atom is 0.0110 e. The van der Waals surface area contributed by atoms with Gasteiger partial charge in [0.2, 0.25) is 0 Å². The molecule has 1 aromatic carbocycles. The van der Waals surface area contributed by atoms with Gasteiger partial charge in [-0.1, -0.05) is 49.1 Å². The van der Waals surface area contributed by atoms with E-state index in [2.05, 4.69) is 44.3 Å². The van der Waals surface area contributed by atoms with Crippen LogP contribution in [0, 0.1) is 19.8 Å². The summed E-state index contributed by atoms with van der Waals surface area (Å²) in [6.45, 7) is 7.80. The first-order valence-electron chi connectivity index (χ1n) is 7.48. The van der Waals surface area contributed by atoms with Gasteiger partial charge in [0.15, 0.2) is 0 Å². The maximum atomic E-state index is 3.73. The van der Waals surface area contributed by atoms with Crippen LogP contribution in [0.3, 0.4) is 0 Å². The Morgan fingerprint density at radius 2 is 1.83 bits per heavy atom. The van der Waals surface area contributed by atoms with E-state index in [0.29, 0.717) is 6.04 Å². The average Bonchev–Trinajstić information content (AvgIpc) is 3.08. The summed E-state index contributed by atoms with van der Waals surface area (Å²) in [5.74, 6) is 1.00. The van der Waals surface area contributed by atoms with Crippen LogP contribution in [-0.4, -0.2) is 12.6 Å². The molecule has 1 N–H and O–H groups in total. The van der Waals surface area contributed by atoms with Crippen LogP contribution in [0.2, 0.25) is 0 Å². The molecule has 100 valence electrons. The molecule has 1 atom stereocenters. The monoisotopic (exact) mass is 245 g/mol. The van der Waals surface area contributed by atoms with Gasteiger partial charge in [0.1, 0.15) is 0 Å². The van der Waals surface area contributed by atoms with E-state index in [-0.39, 0.29) is 0 Å². The van der Waals surface area contributed by atoms with Crippen LogP contribution in [0.25, 0.3) is 0 Å². The Labute approximate surface area is 112 Å². The fourth-order valence-corrected chi connectivity index (χ4v) is 2.81. The zero-order valence-corrected chi connectivity index (χ0v) is 12.1. The Bertz CT molecular complexity index is 359. The van der Waals surface area contributed by atoms with E-state index >= 15 is 0 Å². The third kappa shape index (κ3) is 4.45. The second kappa shape index (κ2) is 6.38. The van der Waals surface area contributed by atoms with Crippen LogP contribution >= 0.6 is 0 Å². The Hall–Kier alpha value is -0.820. The number of benzene rings is 1. The van der Waals surface area contributed by atoms with Gasteiger partial charge in [-0.3, -0.25) is 0 Å². The molecule has 0 saturated heterocycles. The van der Waals surface area contributed by atoms with Crippen LogP contribution in [0.15, 0.2) is 18.2 Å². The predicted molar refractivity (Wildman–Crippen MR) is 79.0 cm³/mol. The molecule has 1 unspecified atom stereocenters. The van der Waals surface area contributed by atoms with Crippen LogP contribution in [-0.2, 0) is 6.42 Å². The van der Waals surface area contributed by atoms with Gasteiger partial charge < -0.3 is 5.32 Å². The zero-order chi connectivity index (χ0) is 13.0. The minimum atomic E-state index is 0.679. The molecule has 0 spiro atoms. The highest BCUT2D eigenvalue weighted by atomic mass is 14.9. The van der Waals surface area contributed by atoms with Gasteiger partial charge in [-0.25, -0.2) is 0 Å². The number of hydrogen-bond acceptors (Lipinski definition) is 1. The van der Waals surface area contributed by atoms with E-state index in [9.17, 15) is 0 Å². The van der Waals surface area contributed by atoms with Crippen molar-refractivity contribution in [2.24, 2.45) is 5.92 Å². The van der Waals surface area contributed by atoms with Crippen LogP contribution in [0.4, 0.5) is 0 Å². The second-order valence-corrected chi connectivity index (χ2v) is 6.03. The lowest BCUT2D eigenvalue weighted by Crippen LogP contribution is -2.32. The van der Waals surface area contributed by atoms with Crippen LogP contribution < -0.4 is 5.32 Å². The molecule has 1 saturated carbocycles. The summed E-state index contributed by atoms with van der Waals surface area (Å²) in [6.07, 6.45) is 6.70. The first kappa shape index (κ1) is 13.6. The smallest absolute Gasteiger partial charge is 0.0110 e. The molecular weight excluding hydrogens is 218 g/mol. The SMILES string of the molecule is CCCNC(Cc1cc(C)cc(C)c1)CC1CC1. The Balaban J connectivity index is 1.96. The molecule has 1 aliphatic rings. The highest BCUT2D eigenvalue weighted by Crippen LogP contribution is 2.34. The lowest BCUT2D eigenvalue weighted by atomic mass is 9.98. The highest BCUT2D eigenvalue weighted by molar-refractivity contribution is 5.29. The average molecular weight is 245 g/mol. The molecule has 0 aromatic heterocycles.